The number of piperidine rings is 1. The molecule has 0 spiro atoms. The molecule has 170 valence electrons. The van der Waals surface area contributed by atoms with Crippen LogP contribution in [-0.4, -0.2) is 57.6 Å². The fraction of sp³-hybridized carbons (Fsp3) is 0.650. The van der Waals surface area contributed by atoms with E-state index in [1.807, 2.05) is 0 Å². The van der Waals surface area contributed by atoms with Gasteiger partial charge in [-0.3, -0.25) is 4.18 Å². The fourth-order valence-electron chi connectivity index (χ4n) is 3.33. The Morgan fingerprint density at radius 3 is 2.60 bits per heavy atom. The molecule has 0 saturated carbocycles. The van der Waals surface area contributed by atoms with Crippen LogP contribution >= 0.6 is 0 Å². The Labute approximate surface area is 176 Å². The number of benzene rings is 1. The molecule has 1 aliphatic rings. The largest absolute Gasteiger partial charge is 0.444 e. The molecule has 1 amide bonds. The van der Waals surface area contributed by atoms with Gasteiger partial charge in [-0.25, -0.2) is 13.6 Å². The van der Waals surface area contributed by atoms with E-state index in [2.05, 4.69) is 4.18 Å². The van der Waals surface area contributed by atoms with Crippen LogP contribution in [0, 0.1) is 17.6 Å². The zero-order valence-electron chi connectivity index (χ0n) is 17.7. The van der Waals surface area contributed by atoms with Gasteiger partial charge in [0.25, 0.3) is 10.1 Å². The first-order valence-electron chi connectivity index (χ1n) is 9.75. The number of amides is 1. The van der Waals surface area contributed by atoms with Crippen molar-refractivity contribution in [3.8, 4) is 0 Å². The van der Waals surface area contributed by atoms with Crippen LogP contribution in [0.1, 0.15) is 45.3 Å². The Morgan fingerprint density at radius 2 is 1.97 bits per heavy atom. The Kier molecular flexibility index (Phi) is 8.18. The number of carbonyl (C=O) groups is 1. The number of carbonyl (C=O) groups excluding carboxylic acids is 1. The molecule has 1 fully saturated rings. The molecule has 1 aliphatic heterocycles. The standard InChI is InChI=1S/C20H29F2NO6S/c1-20(2,3)29-19(24)23-10-6-7-14(13-23)18(27-11-12-28-30(4,25)26)15-8-5-9-16(21)17(15)22/h5,8-9,14,18H,6-7,10-13H2,1-4H3. The first-order valence-corrected chi connectivity index (χ1v) is 11.6. The molecular formula is C20H29F2NO6S. The van der Waals surface area contributed by atoms with E-state index in [0.717, 1.165) is 12.3 Å². The molecule has 0 aliphatic carbocycles. The number of ether oxygens (including phenoxy) is 2. The Morgan fingerprint density at radius 1 is 1.27 bits per heavy atom. The van der Waals surface area contributed by atoms with Crippen molar-refractivity contribution in [3.05, 3.63) is 35.4 Å². The zero-order chi connectivity index (χ0) is 22.5. The summed E-state index contributed by atoms with van der Waals surface area (Å²) in [6, 6.07) is 3.81. The summed E-state index contributed by atoms with van der Waals surface area (Å²) in [5, 5.41) is 0. The maximum atomic E-state index is 14.5. The van der Waals surface area contributed by atoms with Gasteiger partial charge in [-0.15, -0.1) is 0 Å². The number of hydrogen-bond donors (Lipinski definition) is 0. The van der Waals surface area contributed by atoms with Crippen molar-refractivity contribution in [2.75, 3.05) is 32.6 Å². The normalized spacial score (nSPS) is 18.9. The average Bonchev–Trinajstić information content (AvgIpc) is 2.62. The molecule has 0 N–H and O–H groups in total. The van der Waals surface area contributed by atoms with Gasteiger partial charge in [-0.2, -0.15) is 8.42 Å². The van der Waals surface area contributed by atoms with Gasteiger partial charge in [0.05, 0.1) is 25.6 Å². The summed E-state index contributed by atoms with van der Waals surface area (Å²) in [6.45, 7) is 5.63. The summed E-state index contributed by atoms with van der Waals surface area (Å²) in [5.41, 5.74) is -0.636. The molecule has 2 unspecified atom stereocenters. The molecule has 1 aromatic rings. The quantitative estimate of drug-likeness (QED) is 0.467. The Bertz CT molecular complexity index is 840. The molecule has 0 bridgehead atoms. The van der Waals surface area contributed by atoms with E-state index in [0.29, 0.717) is 19.4 Å². The highest BCUT2D eigenvalue weighted by Gasteiger charge is 2.34. The summed E-state index contributed by atoms with van der Waals surface area (Å²) in [4.78, 5) is 14.0. The maximum Gasteiger partial charge on any atom is 0.410 e. The topological polar surface area (TPSA) is 82.1 Å². The highest BCUT2D eigenvalue weighted by Crippen LogP contribution is 2.35. The van der Waals surface area contributed by atoms with Crippen molar-refractivity contribution in [2.45, 2.75) is 45.3 Å². The molecule has 10 heteroatoms. The van der Waals surface area contributed by atoms with Crippen LogP contribution < -0.4 is 0 Å². The van der Waals surface area contributed by atoms with E-state index in [1.54, 1.807) is 20.8 Å². The molecule has 1 saturated heterocycles. The van der Waals surface area contributed by atoms with Gasteiger partial charge in [0.1, 0.15) is 5.60 Å². The minimum atomic E-state index is -3.65. The second-order valence-electron chi connectivity index (χ2n) is 8.29. The van der Waals surface area contributed by atoms with Gasteiger partial charge in [0, 0.05) is 24.6 Å². The second kappa shape index (κ2) is 10.0. The van der Waals surface area contributed by atoms with E-state index < -0.39 is 39.6 Å². The van der Waals surface area contributed by atoms with E-state index in [-0.39, 0.29) is 31.2 Å². The van der Waals surface area contributed by atoms with E-state index in [4.69, 9.17) is 9.47 Å². The summed E-state index contributed by atoms with van der Waals surface area (Å²) < 4.78 is 66.4. The number of rotatable bonds is 7. The van der Waals surface area contributed by atoms with Gasteiger partial charge in [0.2, 0.25) is 0 Å². The van der Waals surface area contributed by atoms with Crippen LogP contribution in [0.5, 0.6) is 0 Å². The minimum Gasteiger partial charge on any atom is -0.444 e. The second-order valence-corrected chi connectivity index (χ2v) is 9.93. The SMILES string of the molecule is CC(C)(C)OC(=O)N1CCCC(C(OCCOS(C)(=O)=O)c2cccc(F)c2F)C1. The predicted octanol–water partition coefficient (Wildman–Crippen LogP) is 3.65. The molecule has 1 aromatic carbocycles. The van der Waals surface area contributed by atoms with Gasteiger partial charge in [-0.1, -0.05) is 12.1 Å². The third-order valence-corrected chi connectivity index (χ3v) is 5.10. The highest BCUT2D eigenvalue weighted by atomic mass is 32.2. The molecule has 0 aromatic heterocycles. The molecule has 0 radical (unpaired) electrons. The molecule has 2 rings (SSSR count). The van der Waals surface area contributed by atoms with Crippen LogP contribution in [0.25, 0.3) is 0 Å². The van der Waals surface area contributed by atoms with Crippen molar-refractivity contribution in [3.63, 3.8) is 0 Å². The lowest BCUT2D eigenvalue weighted by Gasteiger charge is -2.37. The third kappa shape index (κ3) is 7.48. The number of likely N-dealkylation sites (tertiary alicyclic amines) is 1. The van der Waals surface area contributed by atoms with Crippen LogP contribution in [0.4, 0.5) is 13.6 Å². The van der Waals surface area contributed by atoms with Crippen molar-refractivity contribution < 1.29 is 35.6 Å². The summed E-state index contributed by atoms with van der Waals surface area (Å²) in [6.07, 6.45) is 0.810. The van der Waals surface area contributed by atoms with Gasteiger partial charge in [0.15, 0.2) is 11.6 Å². The van der Waals surface area contributed by atoms with E-state index in [9.17, 15) is 22.0 Å². The lowest BCUT2D eigenvalue weighted by molar-refractivity contribution is -0.0338. The molecule has 30 heavy (non-hydrogen) atoms. The van der Waals surface area contributed by atoms with Gasteiger partial charge in [-0.05, 0) is 39.7 Å². The van der Waals surface area contributed by atoms with Crippen molar-refractivity contribution >= 4 is 16.2 Å². The lowest BCUT2D eigenvalue weighted by atomic mass is 9.88. The van der Waals surface area contributed by atoms with Gasteiger partial charge >= 0.3 is 6.09 Å². The third-order valence-electron chi connectivity index (χ3n) is 4.50. The fourth-order valence-corrected chi connectivity index (χ4v) is 3.70. The monoisotopic (exact) mass is 449 g/mol. The molecule has 7 nitrogen and oxygen atoms in total. The molecule has 2 atom stereocenters. The van der Waals surface area contributed by atoms with Crippen molar-refractivity contribution in [1.82, 2.24) is 4.90 Å². The van der Waals surface area contributed by atoms with Crippen LogP contribution in [-0.2, 0) is 23.8 Å². The summed E-state index contributed by atoms with van der Waals surface area (Å²) >= 11 is 0. The highest BCUT2D eigenvalue weighted by molar-refractivity contribution is 7.85. The lowest BCUT2D eigenvalue weighted by Crippen LogP contribution is -2.44. The van der Waals surface area contributed by atoms with Crippen molar-refractivity contribution in [2.24, 2.45) is 5.92 Å². The maximum absolute atomic E-state index is 14.5. The van der Waals surface area contributed by atoms with Crippen molar-refractivity contribution in [1.29, 1.82) is 0 Å². The number of hydrogen-bond acceptors (Lipinski definition) is 6. The average molecular weight is 450 g/mol. The first-order chi connectivity index (χ1) is 13.9. The van der Waals surface area contributed by atoms with Crippen LogP contribution in [0.3, 0.4) is 0 Å². The van der Waals surface area contributed by atoms with Crippen LogP contribution in [0.15, 0.2) is 18.2 Å². The van der Waals surface area contributed by atoms with E-state index in [1.165, 1.54) is 17.0 Å². The number of halogens is 2. The van der Waals surface area contributed by atoms with Crippen LogP contribution in [0.2, 0.25) is 0 Å². The van der Waals surface area contributed by atoms with Gasteiger partial charge < -0.3 is 14.4 Å². The summed E-state index contributed by atoms with van der Waals surface area (Å²) in [7, 11) is -3.65. The first kappa shape index (κ1) is 24.5. The smallest absolute Gasteiger partial charge is 0.410 e. The minimum absolute atomic E-state index is 0.0189. The van der Waals surface area contributed by atoms with E-state index >= 15 is 0 Å². The Balaban J connectivity index is 2.18. The number of nitrogens with zero attached hydrogens (tertiary/aromatic N) is 1. The zero-order valence-corrected chi connectivity index (χ0v) is 18.5. The summed E-state index contributed by atoms with van der Waals surface area (Å²) in [5.74, 6) is -2.37. The molecular weight excluding hydrogens is 420 g/mol. The molecule has 1 heterocycles. The predicted molar refractivity (Wildman–Crippen MR) is 106 cm³/mol. The Hall–Kier alpha value is -1.78.